The first-order valence-corrected chi connectivity index (χ1v) is 6.92. The van der Waals surface area contributed by atoms with Crippen molar-refractivity contribution in [3.8, 4) is 0 Å². The monoisotopic (exact) mass is 311 g/mol. The summed E-state index contributed by atoms with van der Waals surface area (Å²) >= 11 is 0. The van der Waals surface area contributed by atoms with Gasteiger partial charge >= 0.3 is 0 Å². The number of carboxylic acids is 1. The summed E-state index contributed by atoms with van der Waals surface area (Å²) in [6.45, 7) is 1.59. The molecule has 1 fully saturated rings. The van der Waals surface area contributed by atoms with E-state index >= 15 is 0 Å². The molecule has 1 aliphatic heterocycles. The van der Waals surface area contributed by atoms with Gasteiger partial charge in [-0.1, -0.05) is 30.3 Å². The van der Waals surface area contributed by atoms with Crippen LogP contribution in [0.25, 0.3) is 0 Å². The predicted octanol–water partition coefficient (Wildman–Crippen LogP) is 0.405. The van der Waals surface area contributed by atoms with Crippen LogP contribution in [0.5, 0.6) is 0 Å². The summed E-state index contributed by atoms with van der Waals surface area (Å²) in [5.74, 6) is -1.34. The van der Waals surface area contributed by atoms with E-state index in [0.29, 0.717) is 6.54 Å². The number of amides is 1. The fourth-order valence-corrected chi connectivity index (χ4v) is 2.47. The number of carboxylic acid groups (broad SMARTS) is 1. The molecule has 1 aromatic carbocycles. The van der Waals surface area contributed by atoms with Crippen LogP contribution in [-0.4, -0.2) is 25.0 Å². The Morgan fingerprint density at radius 3 is 2.62 bits per heavy atom. The summed E-state index contributed by atoms with van der Waals surface area (Å²) in [5.41, 5.74) is 0.786. The van der Waals surface area contributed by atoms with Crippen molar-refractivity contribution in [1.82, 2.24) is 10.6 Å². The molecule has 1 aliphatic rings. The van der Waals surface area contributed by atoms with Gasteiger partial charge in [-0.3, -0.25) is 4.79 Å². The molecule has 2 unspecified atom stereocenters. The maximum Gasteiger partial charge on any atom is 0.224 e. The van der Waals surface area contributed by atoms with Gasteiger partial charge in [0.1, 0.15) is 0 Å². The summed E-state index contributed by atoms with van der Waals surface area (Å²) in [5, 5.41) is 16.9. The van der Waals surface area contributed by atoms with Gasteiger partial charge in [0, 0.05) is 18.9 Å². The molecule has 2 N–H and O–H groups in total. The van der Waals surface area contributed by atoms with Crippen molar-refractivity contribution in [2.24, 2.45) is 5.92 Å². The Morgan fingerprint density at radius 1 is 1.33 bits per heavy atom. The average Bonchev–Trinajstić information content (AvgIpc) is 2.48. The summed E-state index contributed by atoms with van der Waals surface area (Å²) < 4.78 is 0. The first-order valence-electron chi connectivity index (χ1n) is 6.92. The Bertz CT molecular complexity index is 461. The minimum atomic E-state index is -1.17. The van der Waals surface area contributed by atoms with Gasteiger partial charge in [-0.25, -0.2) is 0 Å². The number of carbonyl (C=O) groups excluding carboxylic acids is 2. The highest BCUT2D eigenvalue weighted by atomic mass is 35.5. The zero-order valence-corrected chi connectivity index (χ0v) is 12.5. The van der Waals surface area contributed by atoms with Crippen LogP contribution in [0.2, 0.25) is 0 Å². The third kappa shape index (κ3) is 5.36. The van der Waals surface area contributed by atoms with Crippen molar-refractivity contribution in [1.29, 1.82) is 0 Å². The minimum Gasteiger partial charge on any atom is -0.550 e. The standard InChI is InChI=1S/C15H20N2O3.ClH/c18-14(19)9-13(11-5-2-1-3-6-11)17-15(20)12-7-4-8-16-10-12;/h1-3,5-6,12-13,16H,4,7-10H2,(H,17,20)(H,18,19);1H/p-1. The second kappa shape index (κ2) is 8.64. The highest BCUT2D eigenvalue weighted by molar-refractivity contribution is 5.85. The second-order valence-electron chi connectivity index (χ2n) is 5.09. The number of rotatable bonds is 5. The average molecular weight is 312 g/mol. The van der Waals surface area contributed by atoms with Crippen LogP contribution in [0.4, 0.5) is 0 Å². The van der Waals surface area contributed by atoms with Crippen LogP contribution < -0.4 is 15.7 Å². The first-order chi connectivity index (χ1) is 9.66. The van der Waals surface area contributed by atoms with E-state index in [9.17, 15) is 14.7 Å². The number of hydrogen-bond acceptors (Lipinski definition) is 4. The lowest BCUT2D eigenvalue weighted by molar-refractivity contribution is -0.306. The van der Waals surface area contributed by atoms with Gasteiger partial charge < -0.3 is 20.5 Å². The Morgan fingerprint density at radius 2 is 2.05 bits per heavy atom. The molecule has 1 amide bonds. The van der Waals surface area contributed by atoms with Gasteiger partial charge in [0.2, 0.25) is 5.91 Å². The third-order valence-electron chi connectivity index (χ3n) is 3.56. The molecule has 0 aliphatic carbocycles. The van der Waals surface area contributed by atoms with Gasteiger partial charge in [-0.15, -0.1) is 12.4 Å². The lowest BCUT2D eigenvalue weighted by Crippen LogP contribution is -2.43. The van der Waals surface area contributed by atoms with E-state index in [1.807, 2.05) is 30.3 Å². The highest BCUT2D eigenvalue weighted by Gasteiger charge is 2.23. The first kappa shape index (κ1) is 17.5. The highest BCUT2D eigenvalue weighted by Crippen LogP contribution is 2.18. The second-order valence-corrected chi connectivity index (χ2v) is 5.09. The number of carbonyl (C=O) groups is 2. The number of aliphatic carboxylic acids is 1. The van der Waals surface area contributed by atoms with E-state index in [-0.39, 0.29) is 30.7 Å². The number of piperidine rings is 1. The topological polar surface area (TPSA) is 81.3 Å². The van der Waals surface area contributed by atoms with Crippen LogP contribution >= 0.6 is 12.4 Å². The number of benzene rings is 1. The van der Waals surface area contributed by atoms with Crippen LogP contribution in [0.15, 0.2) is 30.3 Å². The predicted molar refractivity (Wildman–Crippen MR) is 79.8 cm³/mol. The van der Waals surface area contributed by atoms with Crippen molar-refractivity contribution < 1.29 is 14.7 Å². The molecular weight excluding hydrogens is 292 g/mol. The fourth-order valence-electron chi connectivity index (χ4n) is 2.47. The molecule has 1 heterocycles. The zero-order valence-electron chi connectivity index (χ0n) is 11.7. The van der Waals surface area contributed by atoms with E-state index in [1.54, 1.807) is 0 Å². The van der Waals surface area contributed by atoms with Crippen LogP contribution in [0.1, 0.15) is 30.9 Å². The smallest absolute Gasteiger partial charge is 0.224 e. The molecule has 0 radical (unpaired) electrons. The molecule has 6 heteroatoms. The van der Waals surface area contributed by atoms with Crippen molar-refractivity contribution >= 4 is 24.3 Å². The Kier molecular flexibility index (Phi) is 7.19. The molecule has 0 spiro atoms. The lowest BCUT2D eigenvalue weighted by Gasteiger charge is -2.26. The molecule has 2 rings (SSSR count). The third-order valence-corrected chi connectivity index (χ3v) is 3.56. The van der Waals surface area contributed by atoms with Crippen LogP contribution in [-0.2, 0) is 9.59 Å². The number of nitrogens with one attached hydrogen (secondary N) is 2. The van der Waals surface area contributed by atoms with Crippen LogP contribution in [0.3, 0.4) is 0 Å². The van der Waals surface area contributed by atoms with Crippen molar-refractivity contribution in [2.45, 2.75) is 25.3 Å². The molecule has 1 saturated heterocycles. The summed E-state index contributed by atoms with van der Waals surface area (Å²) in [7, 11) is 0. The van der Waals surface area contributed by atoms with E-state index in [4.69, 9.17) is 0 Å². The minimum absolute atomic E-state index is 0. The zero-order chi connectivity index (χ0) is 14.4. The summed E-state index contributed by atoms with van der Waals surface area (Å²) in [6, 6.07) is 8.60. The van der Waals surface area contributed by atoms with E-state index in [0.717, 1.165) is 24.9 Å². The molecule has 0 bridgehead atoms. The normalized spacial score (nSPS) is 19.1. The maximum absolute atomic E-state index is 12.2. The van der Waals surface area contributed by atoms with E-state index in [2.05, 4.69) is 10.6 Å². The maximum atomic E-state index is 12.2. The SMILES string of the molecule is Cl.O=C([O-])CC(NC(=O)C1CCCNC1)c1ccccc1. The molecule has 2 atom stereocenters. The number of hydrogen-bond donors (Lipinski definition) is 2. The van der Waals surface area contributed by atoms with Gasteiger partial charge in [0.25, 0.3) is 0 Å². The van der Waals surface area contributed by atoms with Gasteiger partial charge in [-0.2, -0.15) is 0 Å². The largest absolute Gasteiger partial charge is 0.550 e. The number of halogens is 1. The van der Waals surface area contributed by atoms with Gasteiger partial charge in [0.15, 0.2) is 0 Å². The molecule has 0 saturated carbocycles. The summed E-state index contributed by atoms with van der Waals surface area (Å²) in [4.78, 5) is 23.1. The summed E-state index contributed by atoms with van der Waals surface area (Å²) in [6.07, 6.45) is 1.59. The Hall–Kier alpha value is -1.59. The molecule has 1 aromatic rings. The van der Waals surface area contributed by atoms with Gasteiger partial charge in [0.05, 0.1) is 12.0 Å². The molecule has 116 valence electrons. The quantitative estimate of drug-likeness (QED) is 0.825. The van der Waals surface area contributed by atoms with Crippen LogP contribution in [0, 0.1) is 5.92 Å². The van der Waals surface area contributed by atoms with E-state index in [1.165, 1.54) is 0 Å². The van der Waals surface area contributed by atoms with Crippen molar-refractivity contribution in [3.05, 3.63) is 35.9 Å². The Labute approximate surface area is 130 Å². The fraction of sp³-hybridized carbons (Fsp3) is 0.467. The Balaban J connectivity index is 0.00000220. The molecule has 5 nitrogen and oxygen atoms in total. The molecular formula is C15H20ClN2O3-. The molecule has 21 heavy (non-hydrogen) atoms. The van der Waals surface area contributed by atoms with Crippen molar-refractivity contribution in [3.63, 3.8) is 0 Å². The molecule has 0 aromatic heterocycles. The van der Waals surface area contributed by atoms with Gasteiger partial charge in [-0.05, 0) is 24.9 Å². The lowest BCUT2D eigenvalue weighted by atomic mass is 9.97. The van der Waals surface area contributed by atoms with E-state index < -0.39 is 12.0 Å². The van der Waals surface area contributed by atoms with Crippen molar-refractivity contribution in [2.75, 3.05) is 13.1 Å².